The maximum Gasteiger partial charge on any atom is 0.206 e. The highest BCUT2D eigenvalue weighted by Crippen LogP contribution is 2.39. The Morgan fingerprint density at radius 3 is 2.93 bits per heavy atom. The molecule has 1 saturated carbocycles. The first-order valence-corrected chi connectivity index (χ1v) is 5.49. The summed E-state index contributed by atoms with van der Waals surface area (Å²) >= 11 is 6.96. The number of halogens is 1. The molecule has 0 saturated heterocycles. The van der Waals surface area contributed by atoms with Gasteiger partial charge in [0.2, 0.25) is 5.82 Å². The molecule has 0 unspecified atom stereocenters. The summed E-state index contributed by atoms with van der Waals surface area (Å²) in [6.07, 6.45) is 4.39. The third kappa shape index (κ3) is 1.33. The lowest BCUT2D eigenvalue weighted by atomic mass is 10.3. The molecular weight excluding hydrogens is 220 g/mol. The van der Waals surface area contributed by atoms with Crippen LogP contribution in [0.3, 0.4) is 0 Å². The minimum atomic E-state index is 0.417. The molecule has 3 rings (SSSR count). The zero-order valence-electron chi connectivity index (χ0n) is 7.22. The average molecular weight is 227 g/mol. The number of nitrogens with zero attached hydrogens (tertiary/aromatic N) is 4. The summed E-state index contributed by atoms with van der Waals surface area (Å²) in [5.41, 5.74) is 1.13. The third-order valence-electron chi connectivity index (χ3n) is 2.26. The molecule has 1 fully saturated rings. The lowest BCUT2D eigenvalue weighted by molar-refractivity contribution is 0.822. The fourth-order valence-electron chi connectivity index (χ4n) is 1.36. The first-order valence-electron chi connectivity index (χ1n) is 4.38. The molecule has 2 aromatic rings. The molecule has 0 aliphatic heterocycles. The molecule has 0 spiro atoms. The molecule has 2 aromatic heterocycles. The smallest absolute Gasteiger partial charge is 0.206 e. The summed E-state index contributed by atoms with van der Waals surface area (Å²) in [5.74, 6) is 1.28. The summed E-state index contributed by atoms with van der Waals surface area (Å²) in [7, 11) is 0. The van der Waals surface area contributed by atoms with Crippen molar-refractivity contribution in [3.63, 3.8) is 0 Å². The van der Waals surface area contributed by atoms with Crippen molar-refractivity contribution in [2.75, 3.05) is 0 Å². The van der Waals surface area contributed by atoms with E-state index in [4.69, 9.17) is 11.6 Å². The van der Waals surface area contributed by atoms with Gasteiger partial charge in [-0.3, -0.25) is 0 Å². The monoisotopic (exact) mass is 226 g/mol. The second-order valence-electron chi connectivity index (χ2n) is 3.34. The molecular formula is C8H7ClN4S. The SMILES string of the molecule is Clc1nsnc1-n1ccc(C2CC2)n1. The van der Waals surface area contributed by atoms with Gasteiger partial charge in [0.1, 0.15) is 0 Å². The van der Waals surface area contributed by atoms with Crippen molar-refractivity contribution in [1.82, 2.24) is 18.5 Å². The summed E-state index contributed by atoms with van der Waals surface area (Å²) in [6, 6.07) is 2.02. The van der Waals surface area contributed by atoms with Crippen molar-refractivity contribution in [3.8, 4) is 5.82 Å². The van der Waals surface area contributed by atoms with Crippen molar-refractivity contribution in [2.45, 2.75) is 18.8 Å². The van der Waals surface area contributed by atoms with Crippen LogP contribution < -0.4 is 0 Å². The van der Waals surface area contributed by atoms with Gasteiger partial charge in [0.25, 0.3) is 0 Å². The van der Waals surface area contributed by atoms with E-state index < -0.39 is 0 Å². The fourth-order valence-corrected chi connectivity index (χ4v) is 2.08. The molecule has 1 aliphatic rings. The lowest BCUT2D eigenvalue weighted by Crippen LogP contribution is -1.96. The van der Waals surface area contributed by atoms with Crippen molar-refractivity contribution in [2.24, 2.45) is 0 Å². The molecule has 0 bridgehead atoms. The van der Waals surface area contributed by atoms with Crippen LogP contribution in [0.25, 0.3) is 5.82 Å². The van der Waals surface area contributed by atoms with Crippen LogP contribution in [0.5, 0.6) is 0 Å². The molecule has 4 nitrogen and oxygen atoms in total. The second-order valence-corrected chi connectivity index (χ2v) is 4.22. The number of hydrogen-bond donors (Lipinski definition) is 0. The highest BCUT2D eigenvalue weighted by Gasteiger charge is 2.26. The van der Waals surface area contributed by atoms with Crippen LogP contribution in [0, 0.1) is 0 Å². The molecule has 1 aliphatic carbocycles. The topological polar surface area (TPSA) is 43.6 Å². The van der Waals surface area contributed by atoms with E-state index in [1.807, 2.05) is 12.3 Å². The molecule has 0 atom stereocenters. The van der Waals surface area contributed by atoms with Gasteiger partial charge >= 0.3 is 0 Å². The van der Waals surface area contributed by atoms with Gasteiger partial charge in [0, 0.05) is 12.1 Å². The molecule has 2 heterocycles. The van der Waals surface area contributed by atoms with E-state index in [1.54, 1.807) is 4.68 Å². The Hall–Kier alpha value is -0.940. The average Bonchev–Trinajstić information content (AvgIpc) is 2.75. The van der Waals surface area contributed by atoms with Gasteiger partial charge in [-0.15, -0.1) is 0 Å². The van der Waals surface area contributed by atoms with E-state index >= 15 is 0 Å². The zero-order valence-corrected chi connectivity index (χ0v) is 8.79. The van der Waals surface area contributed by atoms with Crippen LogP contribution in [-0.2, 0) is 0 Å². The lowest BCUT2D eigenvalue weighted by Gasteiger charge is -1.94. The normalized spacial score (nSPS) is 16.1. The van der Waals surface area contributed by atoms with E-state index in [-0.39, 0.29) is 0 Å². The maximum atomic E-state index is 5.85. The van der Waals surface area contributed by atoms with Gasteiger partial charge in [-0.05, 0) is 18.9 Å². The van der Waals surface area contributed by atoms with E-state index in [9.17, 15) is 0 Å². The van der Waals surface area contributed by atoms with Crippen molar-refractivity contribution in [1.29, 1.82) is 0 Å². The Bertz CT molecular complexity index is 459. The summed E-state index contributed by atoms with van der Waals surface area (Å²) < 4.78 is 9.67. The Morgan fingerprint density at radius 1 is 1.43 bits per heavy atom. The number of rotatable bonds is 2. The van der Waals surface area contributed by atoms with E-state index in [2.05, 4.69) is 13.8 Å². The van der Waals surface area contributed by atoms with Gasteiger partial charge in [0.15, 0.2) is 5.15 Å². The third-order valence-corrected chi connectivity index (χ3v) is 3.13. The quantitative estimate of drug-likeness (QED) is 0.789. The first-order chi connectivity index (χ1) is 6.84. The van der Waals surface area contributed by atoms with E-state index in [0.717, 1.165) is 17.4 Å². The van der Waals surface area contributed by atoms with Gasteiger partial charge in [0.05, 0.1) is 17.4 Å². The molecule has 0 amide bonds. The minimum Gasteiger partial charge on any atom is -0.219 e. The molecule has 0 N–H and O–H groups in total. The standard InChI is InChI=1S/C8H7ClN4S/c9-7-8(12-14-11-7)13-4-3-6(10-13)5-1-2-5/h3-5H,1-2H2. The number of aromatic nitrogens is 4. The highest BCUT2D eigenvalue weighted by molar-refractivity contribution is 6.99. The molecule has 0 radical (unpaired) electrons. The van der Waals surface area contributed by atoms with E-state index in [0.29, 0.717) is 16.9 Å². The molecule has 72 valence electrons. The number of hydrogen-bond acceptors (Lipinski definition) is 4. The minimum absolute atomic E-state index is 0.417. The summed E-state index contributed by atoms with van der Waals surface area (Å²) in [5, 5.41) is 4.83. The van der Waals surface area contributed by atoms with Crippen LogP contribution in [-0.4, -0.2) is 18.5 Å². The second kappa shape index (κ2) is 3.03. The van der Waals surface area contributed by atoms with Crippen LogP contribution in [0.1, 0.15) is 24.5 Å². The predicted molar refractivity (Wildman–Crippen MR) is 54.0 cm³/mol. The highest BCUT2D eigenvalue weighted by atomic mass is 35.5. The Kier molecular flexibility index (Phi) is 1.81. The fraction of sp³-hybridized carbons (Fsp3) is 0.375. The zero-order chi connectivity index (χ0) is 9.54. The van der Waals surface area contributed by atoms with Crippen LogP contribution in [0.2, 0.25) is 5.15 Å². The molecule has 14 heavy (non-hydrogen) atoms. The van der Waals surface area contributed by atoms with Crippen LogP contribution >= 0.6 is 23.3 Å². The van der Waals surface area contributed by atoms with Gasteiger partial charge in [-0.2, -0.15) is 13.8 Å². The summed E-state index contributed by atoms with van der Waals surface area (Å²) in [4.78, 5) is 0. The maximum absolute atomic E-state index is 5.85. The van der Waals surface area contributed by atoms with Crippen LogP contribution in [0.15, 0.2) is 12.3 Å². The molecule has 6 heteroatoms. The van der Waals surface area contributed by atoms with Gasteiger partial charge < -0.3 is 0 Å². The largest absolute Gasteiger partial charge is 0.219 e. The van der Waals surface area contributed by atoms with Gasteiger partial charge in [-0.25, -0.2) is 4.68 Å². The van der Waals surface area contributed by atoms with E-state index in [1.165, 1.54) is 12.8 Å². The predicted octanol–water partition coefficient (Wildman–Crippen LogP) is 2.25. The van der Waals surface area contributed by atoms with Crippen molar-refractivity contribution >= 4 is 23.3 Å². The van der Waals surface area contributed by atoms with Crippen LogP contribution in [0.4, 0.5) is 0 Å². The van der Waals surface area contributed by atoms with Crippen molar-refractivity contribution in [3.05, 3.63) is 23.1 Å². The Labute approximate surface area is 89.8 Å². The van der Waals surface area contributed by atoms with Gasteiger partial charge in [-0.1, -0.05) is 11.6 Å². The Balaban J connectivity index is 1.99. The van der Waals surface area contributed by atoms with Crippen molar-refractivity contribution < 1.29 is 0 Å². The first kappa shape index (κ1) is 8.38. The summed E-state index contributed by atoms with van der Waals surface area (Å²) in [6.45, 7) is 0. The Morgan fingerprint density at radius 2 is 2.29 bits per heavy atom. The molecule has 0 aromatic carbocycles.